The Morgan fingerprint density at radius 3 is 2.39 bits per heavy atom. The quantitative estimate of drug-likeness (QED) is 0.831. The first-order valence-electron chi connectivity index (χ1n) is 7.17. The topological polar surface area (TPSA) is 78.6 Å². The van der Waals surface area contributed by atoms with E-state index < -0.39 is 5.91 Å². The molecule has 0 saturated carbocycles. The molecule has 0 aliphatic heterocycles. The summed E-state index contributed by atoms with van der Waals surface area (Å²) in [6, 6.07) is 12.3. The zero-order valence-corrected chi connectivity index (χ0v) is 13.2. The molecule has 0 atom stereocenters. The molecule has 0 unspecified atom stereocenters. The van der Waals surface area contributed by atoms with E-state index in [0.29, 0.717) is 11.3 Å². The number of hydrogen-bond donors (Lipinski definition) is 1. The van der Waals surface area contributed by atoms with Gasteiger partial charge in [0.2, 0.25) is 5.91 Å². The van der Waals surface area contributed by atoms with Gasteiger partial charge in [-0.2, -0.15) is 0 Å². The number of benzene rings is 2. The van der Waals surface area contributed by atoms with Gasteiger partial charge in [0.1, 0.15) is 12.4 Å². The molecule has 0 spiro atoms. The molecule has 0 aliphatic rings. The van der Waals surface area contributed by atoms with Crippen LogP contribution in [0.15, 0.2) is 42.5 Å². The number of nitrogens with two attached hydrogens (primary N) is 1. The van der Waals surface area contributed by atoms with Crippen molar-refractivity contribution in [2.45, 2.75) is 20.0 Å². The number of carbonyl (C=O) groups is 2. The third-order valence-electron chi connectivity index (χ3n) is 3.41. The van der Waals surface area contributed by atoms with Crippen LogP contribution < -0.4 is 10.5 Å². The Labute approximate surface area is 135 Å². The second kappa shape index (κ2) is 7.45. The SMILES string of the molecule is COc1ccc(C)cc1CC(=O)OCc1ccc(C(N)=O)cc1. The average molecular weight is 313 g/mol. The number of hydrogen-bond acceptors (Lipinski definition) is 4. The van der Waals surface area contributed by atoms with E-state index in [1.807, 2.05) is 25.1 Å². The molecular weight excluding hydrogens is 294 g/mol. The van der Waals surface area contributed by atoms with Crippen LogP contribution in [0, 0.1) is 6.92 Å². The predicted molar refractivity (Wildman–Crippen MR) is 86.2 cm³/mol. The fourth-order valence-corrected chi connectivity index (χ4v) is 2.18. The summed E-state index contributed by atoms with van der Waals surface area (Å²) in [5, 5.41) is 0. The minimum Gasteiger partial charge on any atom is -0.496 e. The van der Waals surface area contributed by atoms with Gasteiger partial charge in [-0.1, -0.05) is 29.8 Å². The second-order valence-corrected chi connectivity index (χ2v) is 5.21. The summed E-state index contributed by atoms with van der Waals surface area (Å²) in [5.41, 5.74) is 8.23. The maximum atomic E-state index is 12.0. The Hall–Kier alpha value is -2.82. The molecule has 2 rings (SSSR count). The predicted octanol–water partition coefficient (Wildman–Crippen LogP) is 2.39. The van der Waals surface area contributed by atoms with Gasteiger partial charge in [-0.25, -0.2) is 0 Å². The van der Waals surface area contributed by atoms with Gasteiger partial charge in [-0.15, -0.1) is 0 Å². The monoisotopic (exact) mass is 313 g/mol. The van der Waals surface area contributed by atoms with Crippen LogP contribution in [-0.2, 0) is 22.6 Å². The van der Waals surface area contributed by atoms with Crippen LogP contribution in [0.3, 0.4) is 0 Å². The van der Waals surface area contributed by atoms with Gasteiger partial charge in [-0.05, 0) is 30.7 Å². The fourth-order valence-electron chi connectivity index (χ4n) is 2.18. The van der Waals surface area contributed by atoms with E-state index in [1.54, 1.807) is 31.4 Å². The minimum atomic E-state index is -0.486. The van der Waals surface area contributed by atoms with Crippen molar-refractivity contribution in [3.05, 3.63) is 64.7 Å². The number of carbonyl (C=O) groups excluding carboxylic acids is 2. The van der Waals surface area contributed by atoms with E-state index in [0.717, 1.165) is 16.7 Å². The third-order valence-corrected chi connectivity index (χ3v) is 3.41. The van der Waals surface area contributed by atoms with Gasteiger partial charge in [0.25, 0.3) is 0 Å². The molecule has 5 nitrogen and oxygen atoms in total. The summed E-state index contributed by atoms with van der Waals surface area (Å²) >= 11 is 0. The van der Waals surface area contributed by atoms with Gasteiger partial charge >= 0.3 is 5.97 Å². The lowest BCUT2D eigenvalue weighted by molar-refractivity contribution is -0.144. The molecule has 2 aromatic rings. The Morgan fingerprint density at radius 2 is 1.78 bits per heavy atom. The second-order valence-electron chi connectivity index (χ2n) is 5.21. The molecule has 0 saturated heterocycles. The first-order chi connectivity index (χ1) is 11.0. The summed E-state index contributed by atoms with van der Waals surface area (Å²) in [5.74, 6) is -0.161. The number of primary amides is 1. The van der Waals surface area contributed by atoms with E-state index in [-0.39, 0.29) is 19.0 Å². The lowest BCUT2D eigenvalue weighted by atomic mass is 10.1. The van der Waals surface area contributed by atoms with E-state index in [2.05, 4.69) is 0 Å². The molecule has 23 heavy (non-hydrogen) atoms. The Balaban J connectivity index is 1.95. The largest absolute Gasteiger partial charge is 0.496 e. The molecule has 1 amide bonds. The van der Waals surface area contributed by atoms with Crippen LogP contribution in [0.4, 0.5) is 0 Å². The summed E-state index contributed by atoms with van der Waals surface area (Å²) < 4.78 is 10.5. The number of ether oxygens (including phenoxy) is 2. The number of esters is 1. The molecule has 120 valence electrons. The summed E-state index contributed by atoms with van der Waals surface area (Å²) in [6.07, 6.45) is 0.143. The number of aryl methyl sites for hydroxylation is 1. The van der Waals surface area contributed by atoms with Crippen LogP contribution in [0.2, 0.25) is 0 Å². The van der Waals surface area contributed by atoms with Crippen molar-refractivity contribution in [2.24, 2.45) is 5.73 Å². The zero-order valence-electron chi connectivity index (χ0n) is 13.2. The highest BCUT2D eigenvalue weighted by Crippen LogP contribution is 2.20. The molecule has 5 heteroatoms. The maximum Gasteiger partial charge on any atom is 0.310 e. The summed E-state index contributed by atoms with van der Waals surface area (Å²) in [6.45, 7) is 2.10. The first-order valence-corrected chi connectivity index (χ1v) is 7.17. The van der Waals surface area contributed by atoms with Crippen molar-refractivity contribution in [2.75, 3.05) is 7.11 Å². The van der Waals surface area contributed by atoms with Crippen molar-refractivity contribution in [3.8, 4) is 5.75 Å². The standard InChI is InChI=1S/C18H19NO4/c1-12-3-8-16(22-2)15(9-12)10-17(20)23-11-13-4-6-14(7-5-13)18(19)21/h3-9H,10-11H2,1-2H3,(H2,19,21). The molecule has 0 aliphatic carbocycles. The minimum absolute atomic E-state index is 0.143. The molecule has 0 aromatic heterocycles. The van der Waals surface area contributed by atoms with Crippen LogP contribution in [0.5, 0.6) is 5.75 Å². The molecule has 0 heterocycles. The van der Waals surface area contributed by atoms with Crippen LogP contribution in [-0.4, -0.2) is 19.0 Å². The molecule has 0 radical (unpaired) electrons. The highest BCUT2D eigenvalue weighted by Gasteiger charge is 2.10. The van der Waals surface area contributed by atoms with Crippen LogP contribution in [0.25, 0.3) is 0 Å². The number of rotatable bonds is 6. The van der Waals surface area contributed by atoms with Gasteiger partial charge in [0, 0.05) is 11.1 Å². The fraction of sp³-hybridized carbons (Fsp3) is 0.222. The molecule has 2 aromatic carbocycles. The molecule has 2 N–H and O–H groups in total. The highest BCUT2D eigenvalue weighted by atomic mass is 16.5. The van der Waals surface area contributed by atoms with Crippen molar-refractivity contribution >= 4 is 11.9 Å². The number of amides is 1. The Kier molecular flexibility index (Phi) is 5.36. The highest BCUT2D eigenvalue weighted by molar-refractivity contribution is 5.92. The van der Waals surface area contributed by atoms with Crippen LogP contribution >= 0.6 is 0 Å². The van der Waals surface area contributed by atoms with Crippen molar-refractivity contribution < 1.29 is 19.1 Å². The average Bonchev–Trinajstić information content (AvgIpc) is 2.53. The lowest BCUT2D eigenvalue weighted by Gasteiger charge is -2.10. The third kappa shape index (κ3) is 4.57. The van der Waals surface area contributed by atoms with E-state index in [4.69, 9.17) is 15.2 Å². The Morgan fingerprint density at radius 1 is 1.09 bits per heavy atom. The molecule has 0 fully saturated rings. The van der Waals surface area contributed by atoms with Gasteiger partial charge < -0.3 is 15.2 Å². The first kappa shape index (κ1) is 16.5. The van der Waals surface area contributed by atoms with Gasteiger partial charge in [-0.3, -0.25) is 9.59 Å². The smallest absolute Gasteiger partial charge is 0.310 e. The number of methoxy groups -OCH3 is 1. The maximum absolute atomic E-state index is 12.0. The molecular formula is C18H19NO4. The van der Waals surface area contributed by atoms with E-state index >= 15 is 0 Å². The zero-order chi connectivity index (χ0) is 16.8. The van der Waals surface area contributed by atoms with Gasteiger partial charge in [0.15, 0.2) is 0 Å². The van der Waals surface area contributed by atoms with Gasteiger partial charge in [0.05, 0.1) is 13.5 Å². The lowest BCUT2D eigenvalue weighted by Crippen LogP contribution is -2.11. The summed E-state index contributed by atoms with van der Waals surface area (Å²) in [4.78, 5) is 23.0. The van der Waals surface area contributed by atoms with E-state index in [1.165, 1.54) is 0 Å². The van der Waals surface area contributed by atoms with Crippen molar-refractivity contribution in [3.63, 3.8) is 0 Å². The van der Waals surface area contributed by atoms with E-state index in [9.17, 15) is 9.59 Å². The molecule has 0 bridgehead atoms. The Bertz CT molecular complexity index is 707. The normalized spacial score (nSPS) is 10.2. The van der Waals surface area contributed by atoms with Crippen molar-refractivity contribution in [1.82, 2.24) is 0 Å². The summed E-state index contributed by atoms with van der Waals surface area (Å²) in [7, 11) is 1.57. The van der Waals surface area contributed by atoms with Crippen LogP contribution in [0.1, 0.15) is 27.0 Å². The van der Waals surface area contributed by atoms with Crippen molar-refractivity contribution in [1.29, 1.82) is 0 Å².